The number of hydrogen-bond donors (Lipinski definition) is 1. The maximum atomic E-state index is 12.0. The smallest absolute Gasteiger partial charge is 0.245 e. The zero-order valence-corrected chi connectivity index (χ0v) is 17.9. The summed E-state index contributed by atoms with van der Waals surface area (Å²) in [7, 11) is 0. The summed E-state index contributed by atoms with van der Waals surface area (Å²) >= 11 is 0. The minimum atomic E-state index is -0.238. The summed E-state index contributed by atoms with van der Waals surface area (Å²) in [6.45, 7) is 16.6. The SMILES string of the molecule is C=CC(=O)CCCCN(CCCCN(CCCNC(=O)C=C)C(=O)C=C)C(=O)C=C. The molecule has 7 heteroatoms. The molecule has 0 saturated heterocycles. The van der Waals surface area contributed by atoms with E-state index >= 15 is 0 Å². The van der Waals surface area contributed by atoms with Crippen LogP contribution in [-0.4, -0.2) is 66.0 Å². The molecule has 0 atom stereocenters. The summed E-state index contributed by atoms with van der Waals surface area (Å²) < 4.78 is 0. The third-order valence-corrected chi connectivity index (χ3v) is 4.50. The van der Waals surface area contributed by atoms with Crippen molar-refractivity contribution in [1.82, 2.24) is 15.1 Å². The first-order chi connectivity index (χ1) is 14.4. The average molecular weight is 418 g/mol. The van der Waals surface area contributed by atoms with Gasteiger partial charge in [0.15, 0.2) is 5.78 Å². The van der Waals surface area contributed by atoms with E-state index in [2.05, 4.69) is 31.6 Å². The number of nitrogens with zero attached hydrogens (tertiary/aromatic N) is 2. The molecule has 166 valence electrons. The lowest BCUT2D eigenvalue weighted by Gasteiger charge is -2.24. The number of ketones is 1. The Morgan fingerprint density at radius 3 is 1.53 bits per heavy atom. The number of unbranched alkanes of at least 4 members (excludes halogenated alkanes) is 2. The maximum Gasteiger partial charge on any atom is 0.245 e. The molecule has 1 N–H and O–H groups in total. The largest absolute Gasteiger partial charge is 0.353 e. The number of carbonyl (C=O) groups excluding carboxylic acids is 4. The van der Waals surface area contributed by atoms with Crippen LogP contribution in [0.5, 0.6) is 0 Å². The molecule has 0 aromatic rings. The third-order valence-electron chi connectivity index (χ3n) is 4.50. The number of amides is 3. The van der Waals surface area contributed by atoms with Gasteiger partial charge in [0.25, 0.3) is 0 Å². The predicted octanol–water partition coefficient (Wildman–Crippen LogP) is 2.41. The van der Waals surface area contributed by atoms with Crippen LogP contribution in [0.3, 0.4) is 0 Å². The lowest BCUT2D eigenvalue weighted by Crippen LogP contribution is -2.35. The first kappa shape index (κ1) is 27.0. The molecule has 0 saturated carbocycles. The van der Waals surface area contributed by atoms with Crippen molar-refractivity contribution in [2.45, 2.75) is 38.5 Å². The van der Waals surface area contributed by atoms with Crippen LogP contribution in [0.25, 0.3) is 0 Å². The van der Waals surface area contributed by atoms with E-state index in [0.717, 1.165) is 19.3 Å². The molecular weight excluding hydrogens is 382 g/mol. The molecule has 0 spiro atoms. The molecule has 0 fully saturated rings. The van der Waals surface area contributed by atoms with Crippen molar-refractivity contribution in [3.63, 3.8) is 0 Å². The highest BCUT2D eigenvalue weighted by atomic mass is 16.2. The van der Waals surface area contributed by atoms with Crippen molar-refractivity contribution in [2.24, 2.45) is 0 Å². The van der Waals surface area contributed by atoms with Crippen LogP contribution < -0.4 is 5.32 Å². The van der Waals surface area contributed by atoms with Gasteiger partial charge < -0.3 is 15.1 Å². The second kappa shape index (κ2) is 16.9. The van der Waals surface area contributed by atoms with Crippen molar-refractivity contribution < 1.29 is 19.2 Å². The van der Waals surface area contributed by atoms with Crippen molar-refractivity contribution in [3.8, 4) is 0 Å². The molecule has 0 bridgehead atoms. The van der Waals surface area contributed by atoms with E-state index in [1.54, 1.807) is 9.80 Å². The van der Waals surface area contributed by atoms with Gasteiger partial charge in [0.05, 0.1) is 0 Å². The van der Waals surface area contributed by atoms with E-state index in [1.807, 2.05) is 0 Å². The van der Waals surface area contributed by atoms with Crippen LogP contribution in [0.2, 0.25) is 0 Å². The number of hydrogen-bond acceptors (Lipinski definition) is 4. The van der Waals surface area contributed by atoms with Gasteiger partial charge in [0, 0.05) is 39.1 Å². The van der Waals surface area contributed by atoms with Crippen LogP contribution in [0, 0.1) is 0 Å². The summed E-state index contributed by atoms with van der Waals surface area (Å²) in [6.07, 6.45) is 9.06. The fraction of sp³-hybridized carbons (Fsp3) is 0.478. The topological polar surface area (TPSA) is 86.8 Å². The Kier molecular flexibility index (Phi) is 15.3. The average Bonchev–Trinajstić information content (AvgIpc) is 2.77. The molecule has 0 rings (SSSR count). The Hall–Kier alpha value is -2.96. The molecule has 0 aromatic carbocycles. The van der Waals surface area contributed by atoms with Crippen molar-refractivity contribution in [2.75, 3.05) is 32.7 Å². The zero-order chi connectivity index (χ0) is 22.8. The molecule has 0 heterocycles. The standard InChI is InChI=1S/C23H35N3O4/c1-5-20(27)14-9-10-16-25(22(29)7-3)17-11-12-18-26(23(30)8-4)19-13-15-24-21(28)6-2/h5-8H,1-4,9-19H2,(H,24,28). The highest BCUT2D eigenvalue weighted by molar-refractivity contribution is 5.89. The Morgan fingerprint density at radius 2 is 1.10 bits per heavy atom. The van der Waals surface area contributed by atoms with Gasteiger partial charge >= 0.3 is 0 Å². The predicted molar refractivity (Wildman–Crippen MR) is 120 cm³/mol. The van der Waals surface area contributed by atoms with E-state index < -0.39 is 0 Å². The van der Waals surface area contributed by atoms with Gasteiger partial charge in [-0.15, -0.1) is 0 Å². The first-order valence-electron chi connectivity index (χ1n) is 10.3. The number of allylic oxidation sites excluding steroid dienone is 1. The van der Waals surface area contributed by atoms with Gasteiger partial charge in [-0.2, -0.15) is 0 Å². The fourth-order valence-electron chi connectivity index (χ4n) is 2.79. The Bertz CT molecular complexity index is 574. The molecule has 0 aliphatic heterocycles. The summed E-state index contributed by atoms with van der Waals surface area (Å²) in [5.74, 6) is -0.525. The van der Waals surface area contributed by atoms with Gasteiger partial charge in [0.1, 0.15) is 0 Å². The van der Waals surface area contributed by atoms with Crippen molar-refractivity contribution in [3.05, 3.63) is 50.6 Å². The quantitative estimate of drug-likeness (QED) is 0.274. The normalized spacial score (nSPS) is 9.87. The number of rotatable bonds is 18. The number of nitrogens with one attached hydrogen (secondary N) is 1. The molecule has 0 unspecified atom stereocenters. The molecule has 0 aromatic heterocycles. The summed E-state index contributed by atoms with van der Waals surface area (Å²) in [4.78, 5) is 49.9. The Morgan fingerprint density at radius 1 is 0.633 bits per heavy atom. The second-order valence-corrected chi connectivity index (χ2v) is 6.74. The fourth-order valence-corrected chi connectivity index (χ4v) is 2.79. The Balaban J connectivity index is 4.38. The lowest BCUT2D eigenvalue weighted by atomic mass is 10.1. The van der Waals surface area contributed by atoms with E-state index in [0.29, 0.717) is 52.0 Å². The monoisotopic (exact) mass is 417 g/mol. The highest BCUT2D eigenvalue weighted by Gasteiger charge is 2.12. The zero-order valence-electron chi connectivity index (χ0n) is 17.9. The summed E-state index contributed by atoms with van der Waals surface area (Å²) in [6, 6.07) is 0. The van der Waals surface area contributed by atoms with E-state index in [1.165, 1.54) is 24.3 Å². The molecule has 3 amide bonds. The molecule has 30 heavy (non-hydrogen) atoms. The first-order valence-corrected chi connectivity index (χ1v) is 10.3. The maximum absolute atomic E-state index is 12.0. The van der Waals surface area contributed by atoms with E-state index in [-0.39, 0.29) is 23.5 Å². The van der Waals surface area contributed by atoms with Gasteiger partial charge in [-0.25, -0.2) is 0 Å². The highest BCUT2D eigenvalue weighted by Crippen LogP contribution is 2.05. The van der Waals surface area contributed by atoms with Gasteiger partial charge in [-0.1, -0.05) is 26.3 Å². The molecule has 0 radical (unpaired) electrons. The van der Waals surface area contributed by atoms with Gasteiger partial charge in [-0.3, -0.25) is 19.2 Å². The van der Waals surface area contributed by atoms with Crippen LogP contribution in [-0.2, 0) is 19.2 Å². The molecule has 0 aliphatic rings. The number of carbonyl (C=O) groups is 4. The second-order valence-electron chi connectivity index (χ2n) is 6.74. The Labute approximate surface area is 180 Å². The van der Waals surface area contributed by atoms with Crippen molar-refractivity contribution >= 4 is 23.5 Å². The minimum absolute atomic E-state index is 0.00707. The van der Waals surface area contributed by atoms with Crippen LogP contribution in [0.15, 0.2) is 50.6 Å². The van der Waals surface area contributed by atoms with Gasteiger partial charge in [0.2, 0.25) is 17.7 Å². The lowest BCUT2D eigenvalue weighted by molar-refractivity contribution is -0.127. The van der Waals surface area contributed by atoms with E-state index in [9.17, 15) is 19.2 Å². The van der Waals surface area contributed by atoms with Crippen molar-refractivity contribution in [1.29, 1.82) is 0 Å². The molecule has 0 aliphatic carbocycles. The minimum Gasteiger partial charge on any atom is -0.353 e. The summed E-state index contributed by atoms with van der Waals surface area (Å²) in [5, 5.41) is 2.68. The van der Waals surface area contributed by atoms with Gasteiger partial charge in [-0.05, 0) is 56.4 Å². The molecular formula is C23H35N3O4. The van der Waals surface area contributed by atoms with Crippen LogP contribution in [0.4, 0.5) is 0 Å². The molecule has 7 nitrogen and oxygen atoms in total. The summed E-state index contributed by atoms with van der Waals surface area (Å²) in [5.41, 5.74) is 0. The van der Waals surface area contributed by atoms with Crippen LogP contribution >= 0.6 is 0 Å². The third kappa shape index (κ3) is 12.5. The van der Waals surface area contributed by atoms with Crippen LogP contribution in [0.1, 0.15) is 38.5 Å². The van der Waals surface area contributed by atoms with E-state index in [4.69, 9.17) is 0 Å².